The highest BCUT2D eigenvalue weighted by atomic mass is 19.1. The van der Waals surface area contributed by atoms with E-state index in [1.807, 2.05) is 6.07 Å². The van der Waals surface area contributed by atoms with Crippen LogP contribution in [0.15, 0.2) is 29.4 Å². The van der Waals surface area contributed by atoms with E-state index < -0.39 is 0 Å². The first-order valence-electron chi connectivity index (χ1n) is 5.10. The van der Waals surface area contributed by atoms with Crippen LogP contribution in [0.1, 0.15) is 17.5 Å². The molecule has 4 nitrogen and oxygen atoms in total. The van der Waals surface area contributed by atoms with Gasteiger partial charge in [-0.1, -0.05) is 23.3 Å². The van der Waals surface area contributed by atoms with E-state index in [2.05, 4.69) is 10.0 Å². The minimum atomic E-state index is -0.327. The van der Waals surface area contributed by atoms with Crippen molar-refractivity contribution in [3.05, 3.63) is 51.7 Å². The van der Waals surface area contributed by atoms with E-state index in [0.717, 1.165) is 5.56 Å². The quantitative estimate of drug-likeness (QED) is 0.329. The standard InChI is InChI=1S/C12H11FN4/c13-12-5-4-10(6-7-14)9-11(12)3-1-2-8-16-17-15/h1,3-5,9H,2,6,8H2. The van der Waals surface area contributed by atoms with E-state index in [1.165, 1.54) is 6.07 Å². The van der Waals surface area contributed by atoms with Crippen molar-refractivity contribution in [3.8, 4) is 6.07 Å². The molecule has 0 heterocycles. The monoisotopic (exact) mass is 230 g/mol. The Bertz CT molecular complexity index is 496. The van der Waals surface area contributed by atoms with Crippen molar-refractivity contribution >= 4 is 6.08 Å². The zero-order valence-electron chi connectivity index (χ0n) is 9.17. The van der Waals surface area contributed by atoms with Crippen molar-refractivity contribution in [1.29, 1.82) is 5.26 Å². The first kappa shape index (κ1) is 12.8. The normalized spacial score (nSPS) is 9.88. The third kappa shape index (κ3) is 4.37. The molecule has 0 saturated heterocycles. The number of azide groups is 1. The van der Waals surface area contributed by atoms with E-state index in [4.69, 9.17) is 10.8 Å². The van der Waals surface area contributed by atoms with E-state index in [9.17, 15) is 4.39 Å². The third-order valence-electron chi connectivity index (χ3n) is 2.10. The zero-order valence-corrected chi connectivity index (χ0v) is 9.17. The lowest BCUT2D eigenvalue weighted by Crippen LogP contribution is -1.87. The number of nitriles is 1. The van der Waals surface area contributed by atoms with E-state index in [1.54, 1.807) is 24.3 Å². The minimum absolute atomic E-state index is 0.264. The third-order valence-corrected chi connectivity index (χ3v) is 2.10. The van der Waals surface area contributed by atoms with Crippen LogP contribution in [0.5, 0.6) is 0 Å². The highest BCUT2D eigenvalue weighted by Crippen LogP contribution is 2.13. The molecule has 17 heavy (non-hydrogen) atoms. The molecule has 0 radical (unpaired) electrons. The first-order valence-corrected chi connectivity index (χ1v) is 5.10. The second kappa shape index (κ2) is 7.04. The van der Waals surface area contributed by atoms with Crippen LogP contribution in [0.2, 0.25) is 0 Å². The van der Waals surface area contributed by atoms with Crippen LogP contribution < -0.4 is 0 Å². The Morgan fingerprint density at radius 3 is 3.06 bits per heavy atom. The van der Waals surface area contributed by atoms with Crippen molar-refractivity contribution in [2.24, 2.45) is 5.11 Å². The molecule has 5 heteroatoms. The van der Waals surface area contributed by atoms with Gasteiger partial charge in [-0.2, -0.15) is 5.26 Å². The van der Waals surface area contributed by atoms with Crippen molar-refractivity contribution in [1.82, 2.24) is 0 Å². The van der Waals surface area contributed by atoms with Gasteiger partial charge in [0.25, 0.3) is 0 Å². The van der Waals surface area contributed by atoms with Crippen LogP contribution in [0, 0.1) is 17.1 Å². The second-order valence-electron chi connectivity index (χ2n) is 3.34. The van der Waals surface area contributed by atoms with Gasteiger partial charge in [0.15, 0.2) is 0 Å². The Hall–Kier alpha value is -2.31. The molecule has 0 amide bonds. The largest absolute Gasteiger partial charge is 0.206 e. The molecular formula is C12H11FN4. The van der Waals surface area contributed by atoms with Gasteiger partial charge < -0.3 is 0 Å². The van der Waals surface area contributed by atoms with Crippen LogP contribution >= 0.6 is 0 Å². The Morgan fingerprint density at radius 2 is 2.35 bits per heavy atom. The van der Waals surface area contributed by atoms with Crippen molar-refractivity contribution in [2.75, 3.05) is 6.54 Å². The summed E-state index contributed by atoms with van der Waals surface area (Å²) in [5.74, 6) is -0.327. The van der Waals surface area contributed by atoms with Gasteiger partial charge in [0.2, 0.25) is 0 Å². The molecule has 0 saturated carbocycles. The number of rotatable bonds is 5. The van der Waals surface area contributed by atoms with Gasteiger partial charge >= 0.3 is 0 Å². The van der Waals surface area contributed by atoms with Gasteiger partial charge in [-0.25, -0.2) is 4.39 Å². The Morgan fingerprint density at radius 1 is 1.53 bits per heavy atom. The molecule has 0 aliphatic carbocycles. The summed E-state index contributed by atoms with van der Waals surface area (Å²) < 4.78 is 13.4. The van der Waals surface area contributed by atoms with Gasteiger partial charge in [0, 0.05) is 17.0 Å². The maximum absolute atomic E-state index is 13.4. The Balaban J connectivity index is 2.72. The molecular weight excluding hydrogens is 219 g/mol. The number of hydrogen-bond donors (Lipinski definition) is 0. The zero-order chi connectivity index (χ0) is 12.5. The maximum atomic E-state index is 13.4. The molecule has 0 N–H and O–H groups in total. The summed E-state index contributed by atoms with van der Waals surface area (Å²) in [5, 5.41) is 11.9. The van der Waals surface area contributed by atoms with Crippen molar-refractivity contribution in [3.63, 3.8) is 0 Å². The molecule has 0 spiro atoms. The average molecular weight is 230 g/mol. The van der Waals surface area contributed by atoms with E-state index >= 15 is 0 Å². The average Bonchev–Trinajstić information content (AvgIpc) is 2.33. The fourth-order valence-electron chi connectivity index (χ4n) is 1.31. The van der Waals surface area contributed by atoms with Gasteiger partial charge in [0.1, 0.15) is 5.82 Å². The summed E-state index contributed by atoms with van der Waals surface area (Å²) in [6, 6.07) is 6.59. The molecule has 1 aromatic rings. The highest BCUT2D eigenvalue weighted by molar-refractivity contribution is 5.51. The maximum Gasteiger partial charge on any atom is 0.130 e. The van der Waals surface area contributed by atoms with Gasteiger partial charge in [-0.3, -0.25) is 0 Å². The molecule has 0 bridgehead atoms. The fraction of sp³-hybridized carbons (Fsp3) is 0.250. The predicted octanol–water partition coefficient (Wildman–Crippen LogP) is 3.61. The van der Waals surface area contributed by atoms with E-state index in [0.29, 0.717) is 18.5 Å². The smallest absolute Gasteiger partial charge is 0.130 e. The summed E-state index contributed by atoms with van der Waals surface area (Å²) in [7, 11) is 0. The summed E-state index contributed by atoms with van der Waals surface area (Å²) in [4.78, 5) is 2.62. The highest BCUT2D eigenvalue weighted by Gasteiger charge is 2.00. The lowest BCUT2D eigenvalue weighted by Gasteiger charge is -1.99. The molecule has 0 aliphatic heterocycles. The number of benzene rings is 1. The molecule has 0 unspecified atom stereocenters. The fourth-order valence-corrected chi connectivity index (χ4v) is 1.31. The first-order chi connectivity index (χ1) is 8.27. The molecule has 86 valence electrons. The molecule has 0 aliphatic rings. The summed E-state index contributed by atoms with van der Waals surface area (Å²) in [6.07, 6.45) is 4.19. The SMILES string of the molecule is N#CCc1ccc(F)c(C=CCCN=[N+]=[N-])c1. The van der Waals surface area contributed by atoms with Crippen LogP contribution in [-0.4, -0.2) is 6.54 Å². The van der Waals surface area contributed by atoms with Crippen LogP contribution in [-0.2, 0) is 6.42 Å². The number of hydrogen-bond acceptors (Lipinski definition) is 2. The number of halogens is 1. The second-order valence-corrected chi connectivity index (χ2v) is 3.34. The number of nitrogens with zero attached hydrogens (tertiary/aromatic N) is 4. The van der Waals surface area contributed by atoms with Crippen LogP contribution in [0.25, 0.3) is 16.5 Å². The topological polar surface area (TPSA) is 72.5 Å². The van der Waals surface area contributed by atoms with E-state index in [-0.39, 0.29) is 12.2 Å². The van der Waals surface area contributed by atoms with Gasteiger partial charge in [0.05, 0.1) is 12.5 Å². The molecule has 0 fully saturated rings. The van der Waals surface area contributed by atoms with Crippen LogP contribution in [0.4, 0.5) is 4.39 Å². The minimum Gasteiger partial charge on any atom is -0.206 e. The van der Waals surface area contributed by atoms with Crippen molar-refractivity contribution < 1.29 is 4.39 Å². The lowest BCUT2D eigenvalue weighted by molar-refractivity contribution is 0.624. The molecule has 1 rings (SSSR count). The summed E-state index contributed by atoms with van der Waals surface area (Å²) in [5.41, 5.74) is 9.29. The summed E-state index contributed by atoms with van der Waals surface area (Å²) in [6.45, 7) is 0.354. The lowest BCUT2D eigenvalue weighted by atomic mass is 10.1. The van der Waals surface area contributed by atoms with Crippen molar-refractivity contribution in [2.45, 2.75) is 12.8 Å². The molecule has 1 aromatic carbocycles. The predicted molar refractivity (Wildman–Crippen MR) is 63.4 cm³/mol. The Labute approximate surface area is 98.6 Å². The van der Waals surface area contributed by atoms with Gasteiger partial charge in [-0.05, 0) is 29.6 Å². The van der Waals surface area contributed by atoms with Crippen LogP contribution in [0.3, 0.4) is 0 Å². The molecule has 0 aromatic heterocycles. The molecule has 0 atom stereocenters. The Kier molecular flexibility index (Phi) is 5.29. The van der Waals surface area contributed by atoms with Gasteiger partial charge in [-0.15, -0.1) is 0 Å². The summed E-state index contributed by atoms with van der Waals surface area (Å²) >= 11 is 0.